The molecule has 1 aliphatic rings. The molecule has 1 aliphatic carbocycles. The van der Waals surface area contributed by atoms with Crippen LogP contribution in [0.1, 0.15) is 39.0 Å². The summed E-state index contributed by atoms with van der Waals surface area (Å²) in [6, 6.07) is 0. The zero-order valence-corrected chi connectivity index (χ0v) is 8.27. The van der Waals surface area contributed by atoms with Gasteiger partial charge in [0.15, 0.2) is 0 Å². The zero-order chi connectivity index (χ0) is 8.81. The number of rotatable bonds is 4. The third-order valence-corrected chi connectivity index (χ3v) is 2.84. The Balaban J connectivity index is 2.15. The molecule has 72 valence electrons. The van der Waals surface area contributed by atoms with Crippen molar-refractivity contribution in [1.82, 2.24) is 0 Å². The lowest BCUT2D eigenvalue weighted by atomic mass is 9.98. The molecule has 0 amide bonds. The van der Waals surface area contributed by atoms with Crippen LogP contribution >= 0.6 is 0 Å². The Morgan fingerprint density at radius 3 is 2.58 bits per heavy atom. The minimum Gasteiger partial charge on any atom is -0.269 e. The SMILES string of the molecule is CCOS(=O)OC1CCCCC1. The van der Waals surface area contributed by atoms with E-state index in [1.54, 1.807) is 0 Å². The number of hydrogen-bond acceptors (Lipinski definition) is 3. The Bertz CT molecular complexity index is 143. The van der Waals surface area contributed by atoms with Crippen molar-refractivity contribution in [3.8, 4) is 0 Å². The van der Waals surface area contributed by atoms with Gasteiger partial charge in [0.25, 0.3) is 0 Å². The van der Waals surface area contributed by atoms with Gasteiger partial charge in [-0.05, 0) is 19.8 Å². The molecule has 12 heavy (non-hydrogen) atoms. The van der Waals surface area contributed by atoms with Crippen molar-refractivity contribution < 1.29 is 12.6 Å². The highest BCUT2D eigenvalue weighted by Crippen LogP contribution is 2.21. The summed E-state index contributed by atoms with van der Waals surface area (Å²) in [7, 11) is 0. The van der Waals surface area contributed by atoms with E-state index in [0.717, 1.165) is 12.8 Å². The van der Waals surface area contributed by atoms with Gasteiger partial charge < -0.3 is 0 Å². The quantitative estimate of drug-likeness (QED) is 0.683. The summed E-state index contributed by atoms with van der Waals surface area (Å²) in [6.07, 6.45) is 5.87. The van der Waals surface area contributed by atoms with Gasteiger partial charge in [-0.15, -0.1) is 0 Å². The molecule has 1 fully saturated rings. The third kappa shape index (κ3) is 3.65. The van der Waals surface area contributed by atoms with Crippen LogP contribution in [0.2, 0.25) is 0 Å². The average molecular weight is 192 g/mol. The first-order valence-electron chi connectivity index (χ1n) is 4.55. The van der Waals surface area contributed by atoms with Crippen LogP contribution in [-0.2, 0) is 19.7 Å². The molecule has 3 nitrogen and oxygen atoms in total. The topological polar surface area (TPSA) is 35.5 Å². The Kier molecular flexibility index (Phi) is 4.80. The highest BCUT2D eigenvalue weighted by atomic mass is 32.2. The van der Waals surface area contributed by atoms with Gasteiger partial charge in [-0.2, -0.15) is 4.21 Å². The molecular formula is C8H16O3S. The minimum absolute atomic E-state index is 0.158. The van der Waals surface area contributed by atoms with E-state index in [4.69, 9.17) is 8.37 Å². The molecule has 0 aromatic heterocycles. The largest absolute Gasteiger partial charge is 0.304 e. The van der Waals surface area contributed by atoms with Crippen molar-refractivity contribution in [3.63, 3.8) is 0 Å². The van der Waals surface area contributed by atoms with Crippen molar-refractivity contribution in [2.45, 2.75) is 45.1 Å². The van der Waals surface area contributed by atoms with Gasteiger partial charge >= 0.3 is 11.4 Å². The van der Waals surface area contributed by atoms with Crippen LogP contribution < -0.4 is 0 Å². The minimum atomic E-state index is -1.52. The van der Waals surface area contributed by atoms with E-state index in [1.807, 2.05) is 6.92 Å². The molecule has 0 spiro atoms. The monoisotopic (exact) mass is 192 g/mol. The smallest absolute Gasteiger partial charge is 0.269 e. The highest BCUT2D eigenvalue weighted by Gasteiger charge is 2.16. The fourth-order valence-electron chi connectivity index (χ4n) is 1.40. The van der Waals surface area contributed by atoms with E-state index in [2.05, 4.69) is 0 Å². The lowest BCUT2D eigenvalue weighted by Crippen LogP contribution is -2.18. The van der Waals surface area contributed by atoms with Gasteiger partial charge in [0.05, 0.1) is 12.7 Å². The van der Waals surface area contributed by atoms with Gasteiger partial charge in [0, 0.05) is 0 Å². The molecule has 0 saturated heterocycles. The maximum atomic E-state index is 11.0. The van der Waals surface area contributed by atoms with Crippen LogP contribution in [0.5, 0.6) is 0 Å². The van der Waals surface area contributed by atoms with Crippen LogP contribution in [0.4, 0.5) is 0 Å². The number of hydrogen-bond donors (Lipinski definition) is 0. The van der Waals surface area contributed by atoms with Crippen LogP contribution in [0, 0.1) is 0 Å². The van der Waals surface area contributed by atoms with E-state index < -0.39 is 11.4 Å². The first-order chi connectivity index (χ1) is 5.83. The van der Waals surface area contributed by atoms with Crippen LogP contribution in [0.25, 0.3) is 0 Å². The molecule has 0 aromatic carbocycles. The van der Waals surface area contributed by atoms with Crippen molar-refractivity contribution in [2.24, 2.45) is 0 Å². The Labute approximate surface area is 76.3 Å². The standard InChI is InChI=1S/C8H16O3S/c1-2-10-12(9)11-8-6-4-3-5-7-8/h8H,2-7H2,1H3. The molecule has 4 heteroatoms. The summed E-state index contributed by atoms with van der Waals surface area (Å²) in [4.78, 5) is 0. The summed E-state index contributed by atoms with van der Waals surface area (Å²) in [5.74, 6) is 0. The van der Waals surface area contributed by atoms with E-state index in [0.29, 0.717) is 6.61 Å². The molecule has 1 rings (SSSR count). The van der Waals surface area contributed by atoms with Gasteiger partial charge in [-0.25, -0.2) is 0 Å². The van der Waals surface area contributed by atoms with Gasteiger partial charge in [0.1, 0.15) is 0 Å². The van der Waals surface area contributed by atoms with Crippen molar-refractivity contribution in [2.75, 3.05) is 6.61 Å². The van der Waals surface area contributed by atoms with E-state index >= 15 is 0 Å². The van der Waals surface area contributed by atoms with E-state index in [9.17, 15) is 4.21 Å². The molecule has 0 bridgehead atoms. The summed E-state index contributed by atoms with van der Waals surface area (Å²) < 4.78 is 21.0. The second-order valence-corrected chi connectivity index (χ2v) is 3.80. The summed E-state index contributed by atoms with van der Waals surface area (Å²) >= 11 is -1.52. The van der Waals surface area contributed by atoms with Crippen molar-refractivity contribution in [3.05, 3.63) is 0 Å². The summed E-state index contributed by atoms with van der Waals surface area (Å²) in [6.45, 7) is 2.25. The lowest BCUT2D eigenvalue weighted by molar-refractivity contribution is 0.146. The Hall–Kier alpha value is 0.0700. The van der Waals surface area contributed by atoms with Gasteiger partial charge in [0.2, 0.25) is 0 Å². The molecule has 0 heterocycles. The van der Waals surface area contributed by atoms with Crippen LogP contribution in [0.3, 0.4) is 0 Å². The fourth-order valence-corrected chi connectivity index (χ4v) is 2.06. The Morgan fingerprint density at radius 1 is 1.33 bits per heavy atom. The predicted octanol–water partition coefficient (Wildman–Crippen LogP) is 1.95. The fraction of sp³-hybridized carbons (Fsp3) is 1.00. The van der Waals surface area contributed by atoms with Crippen LogP contribution in [-0.4, -0.2) is 16.9 Å². The molecule has 1 saturated carbocycles. The van der Waals surface area contributed by atoms with Gasteiger partial charge in [-0.3, -0.25) is 8.37 Å². The third-order valence-electron chi connectivity index (χ3n) is 1.98. The van der Waals surface area contributed by atoms with Crippen LogP contribution in [0.15, 0.2) is 0 Å². The lowest BCUT2D eigenvalue weighted by Gasteiger charge is -2.19. The van der Waals surface area contributed by atoms with Crippen molar-refractivity contribution >= 4 is 11.4 Å². The van der Waals surface area contributed by atoms with E-state index in [-0.39, 0.29) is 6.10 Å². The first-order valence-corrected chi connectivity index (χ1v) is 5.55. The maximum absolute atomic E-state index is 11.0. The zero-order valence-electron chi connectivity index (χ0n) is 7.45. The molecule has 0 radical (unpaired) electrons. The second kappa shape index (κ2) is 5.67. The molecule has 1 unspecified atom stereocenters. The normalized spacial score (nSPS) is 22.4. The van der Waals surface area contributed by atoms with Crippen molar-refractivity contribution in [1.29, 1.82) is 0 Å². The maximum Gasteiger partial charge on any atom is 0.304 e. The molecule has 0 aromatic rings. The van der Waals surface area contributed by atoms with Gasteiger partial charge in [-0.1, -0.05) is 19.3 Å². The highest BCUT2D eigenvalue weighted by molar-refractivity contribution is 7.75. The summed E-state index contributed by atoms with van der Waals surface area (Å²) in [5, 5.41) is 0. The molecule has 0 N–H and O–H groups in total. The summed E-state index contributed by atoms with van der Waals surface area (Å²) in [5.41, 5.74) is 0. The molecule has 0 aliphatic heterocycles. The first kappa shape index (κ1) is 10.2. The molecular weight excluding hydrogens is 176 g/mol. The predicted molar refractivity (Wildman–Crippen MR) is 47.7 cm³/mol. The van der Waals surface area contributed by atoms with E-state index in [1.165, 1.54) is 19.3 Å². The second-order valence-electron chi connectivity index (χ2n) is 2.97. The molecule has 1 atom stereocenters. The Morgan fingerprint density at radius 2 is 2.00 bits per heavy atom. The average Bonchev–Trinajstić information content (AvgIpc) is 2.06.